The zero-order chi connectivity index (χ0) is 18.3. The average molecular weight is 357 g/mol. The maximum absolute atomic E-state index is 13.1. The summed E-state index contributed by atoms with van der Waals surface area (Å²) in [4.78, 5) is 20.1. The third-order valence-corrected chi connectivity index (χ3v) is 6.80. The molecular formula is C21H31N3O2. The summed E-state index contributed by atoms with van der Waals surface area (Å²) in [5.41, 5.74) is 1.34. The molecule has 0 aliphatic carbocycles. The molecule has 4 saturated heterocycles. The molecule has 4 aliphatic heterocycles. The predicted octanol–water partition coefficient (Wildman–Crippen LogP) is 2.04. The van der Waals surface area contributed by atoms with Gasteiger partial charge in [0, 0.05) is 18.5 Å². The van der Waals surface area contributed by atoms with Gasteiger partial charge in [-0.1, -0.05) is 19.1 Å². The first kappa shape index (κ1) is 17.8. The van der Waals surface area contributed by atoms with E-state index in [0.29, 0.717) is 36.4 Å². The monoisotopic (exact) mass is 357 g/mol. The Morgan fingerprint density at radius 1 is 1.19 bits per heavy atom. The molecule has 0 spiro atoms. The minimum atomic E-state index is 0.300. The average Bonchev–Trinajstić information content (AvgIpc) is 3.12. The lowest BCUT2D eigenvalue weighted by Crippen LogP contribution is -2.61. The van der Waals surface area contributed by atoms with E-state index >= 15 is 0 Å². The van der Waals surface area contributed by atoms with E-state index in [4.69, 9.17) is 4.74 Å². The summed E-state index contributed by atoms with van der Waals surface area (Å²) < 4.78 is 5.32. The molecule has 4 heterocycles. The molecule has 4 aliphatic rings. The van der Waals surface area contributed by atoms with E-state index in [1.54, 1.807) is 7.11 Å². The smallest absolute Gasteiger partial charge is 0.237 e. The fourth-order valence-electron chi connectivity index (χ4n) is 5.28. The number of carbonyl (C=O) groups is 1. The lowest BCUT2D eigenvalue weighted by molar-refractivity contribution is -0.136. The number of ether oxygens (including phenoxy) is 1. The van der Waals surface area contributed by atoms with E-state index in [9.17, 15) is 4.79 Å². The molecule has 4 fully saturated rings. The van der Waals surface area contributed by atoms with Gasteiger partial charge in [-0.15, -0.1) is 0 Å². The summed E-state index contributed by atoms with van der Waals surface area (Å²) in [5, 5.41) is 0. The van der Waals surface area contributed by atoms with Crippen molar-refractivity contribution in [3.63, 3.8) is 0 Å². The van der Waals surface area contributed by atoms with Gasteiger partial charge in [-0.25, -0.2) is 0 Å². The number of carbonyl (C=O) groups excluding carboxylic acids is 1. The normalized spacial score (nSPS) is 32.8. The summed E-state index contributed by atoms with van der Waals surface area (Å²) in [5.74, 6) is 2.27. The SMILES string of the molecule is CCN(C)CC(=O)N1C[C@H](c2ccc(OC)cc2)[C@H]2[C@@H]1C1CCN2CC1. The number of benzene rings is 1. The molecule has 0 saturated carbocycles. The van der Waals surface area contributed by atoms with Gasteiger partial charge in [-0.3, -0.25) is 14.6 Å². The van der Waals surface area contributed by atoms with E-state index in [1.807, 2.05) is 7.05 Å². The van der Waals surface area contributed by atoms with Crippen molar-refractivity contribution in [3.05, 3.63) is 29.8 Å². The van der Waals surface area contributed by atoms with E-state index in [2.05, 4.69) is 45.9 Å². The summed E-state index contributed by atoms with van der Waals surface area (Å²) in [6.07, 6.45) is 2.48. The van der Waals surface area contributed by atoms with Crippen LogP contribution in [-0.4, -0.2) is 79.6 Å². The van der Waals surface area contributed by atoms with Crippen LogP contribution in [0.5, 0.6) is 5.75 Å². The Morgan fingerprint density at radius 3 is 2.50 bits per heavy atom. The first-order chi connectivity index (χ1) is 12.6. The Kier molecular flexibility index (Phi) is 4.93. The van der Waals surface area contributed by atoms with Gasteiger partial charge in [0.2, 0.25) is 5.91 Å². The van der Waals surface area contributed by atoms with Gasteiger partial charge < -0.3 is 9.64 Å². The highest BCUT2D eigenvalue weighted by Crippen LogP contribution is 2.46. The van der Waals surface area contributed by atoms with Gasteiger partial charge in [0.25, 0.3) is 0 Å². The number of fused-ring (bicyclic) bond motifs is 2. The Morgan fingerprint density at radius 2 is 1.88 bits per heavy atom. The van der Waals surface area contributed by atoms with E-state index < -0.39 is 0 Å². The van der Waals surface area contributed by atoms with Crippen molar-refractivity contribution >= 4 is 5.91 Å². The summed E-state index contributed by atoms with van der Waals surface area (Å²) >= 11 is 0. The second-order valence-electron chi connectivity index (χ2n) is 8.11. The third-order valence-electron chi connectivity index (χ3n) is 6.80. The van der Waals surface area contributed by atoms with Gasteiger partial charge in [0.05, 0.1) is 19.7 Å². The van der Waals surface area contributed by atoms with Crippen molar-refractivity contribution in [1.29, 1.82) is 0 Å². The molecule has 5 nitrogen and oxygen atoms in total. The maximum atomic E-state index is 13.1. The number of amides is 1. The van der Waals surface area contributed by atoms with E-state index in [1.165, 1.54) is 31.5 Å². The molecule has 0 N–H and O–H groups in total. The number of nitrogens with zero attached hydrogens (tertiary/aromatic N) is 3. The highest BCUT2D eigenvalue weighted by atomic mass is 16.5. The lowest BCUT2D eigenvalue weighted by Gasteiger charge is -2.51. The molecule has 1 amide bonds. The van der Waals surface area contributed by atoms with Crippen molar-refractivity contribution in [3.8, 4) is 5.75 Å². The summed E-state index contributed by atoms with van der Waals surface area (Å²) in [6, 6.07) is 9.35. The van der Waals surface area contributed by atoms with Crippen LogP contribution < -0.4 is 4.74 Å². The lowest BCUT2D eigenvalue weighted by atomic mass is 9.75. The van der Waals surface area contributed by atoms with Gasteiger partial charge >= 0.3 is 0 Å². The molecule has 0 aromatic heterocycles. The Labute approximate surface area is 156 Å². The van der Waals surface area contributed by atoms with Crippen LogP contribution in [0.15, 0.2) is 24.3 Å². The molecule has 0 radical (unpaired) electrons. The van der Waals surface area contributed by atoms with E-state index in [0.717, 1.165) is 18.8 Å². The quantitative estimate of drug-likeness (QED) is 0.808. The molecule has 0 unspecified atom stereocenters. The Hall–Kier alpha value is -1.59. The van der Waals surface area contributed by atoms with Gasteiger partial charge in [-0.2, -0.15) is 0 Å². The molecule has 142 valence electrons. The van der Waals surface area contributed by atoms with E-state index in [-0.39, 0.29) is 0 Å². The zero-order valence-electron chi connectivity index (χ0n) is 16.2. The molecule has 26 heavy (non-hydrogen) atoms. The number of methoxy groups -OCH3 is 1. The van der Waals surface area contributed by atoms with Crippen molar-refractivity contribution in [2.24, 2.45) is 5.92 Å². The fourth-order valence-corrected chi connectivity index (χ4v) is 5.28. The minimum absolute atomic E-state index is 0.300. The van der Waals surface area contributed by atoms with Crippen molar-refractivity contribution < 1.29 is 9.53 Å². The molecule has 3 atom stereocenters. The molecule has 1 aromatic carbocycles. The number of rotatable bonds is 5. The number of hydrogen-bond acceptors (Lipinski definition) is 4. The van der Waals surface area contributed by atoms with Gasteiger partial charge in [0.15, 0.2) is 0 Å². The van der Waals surface area contributed by atoms with Crippen LogP contribution in [0.4, 0.5) is 0 Å². The second kappa shape index (κ2) is 7.20. The predicted molar refractivity (Wildman–Crippen MR) is 102 cm³/mol. The summed E-state index contributed by atoms with van der Waals surface area (Å²) in [7, 11) is 3.74. The van der Waals surface area contributed by atoms with Crippen LogP contribution in [0.25, 0.3) is 0 Å². The van der Waals surface area contributed by atoms with Crippen molar-refractivity contribution in [2.45, 2.75) is 37.8 Å². The van der Waals surface area contributed by atoms with Crippen LogP contribution in [0.1, 0.15) is 31.2 Å². The largest absolute Gasteiger partial charge is 0.497 e. The molecule has 5 heteroatoms. The number of likely N-dealkylation sites (N-methyl/N-ethyl adjacent to an activating group) is 1. The highest BCUT2D eigenvalue weighted by molar-refractivity contribution is 5.79. The zero-order valence-corrected chi connectivity index (χ0v) is 16.2. The fraction of sp³-hybridized carbons (Fsp3) is 0.667. The van der Waals surface area contributed by atoms with Crippen LogP contribution in [0.2, 0.25) is 0 Å². The number of likely N-dealkylation sites (tertiary alicyclic amines) is 1. The standard InChI is InChI=1S/C21H31N3O2/c1-4-22(2)14-19(25)24-13-18(15-5-7-17(26-3)8-6-15)21-20(24)16-9-11-23(21)12-10-16/h5-8,16,18,20-21H,4,9-14H2,1-3H3/t18-,20+,21+/m1/s1. The highest BCUT2D eigenvalue weighted by Gasteiger charge is 2.54. The second-order valence-corrected chi connectivity index (χ2v) is 8.11. The minimum Gasteiger partial charge on any atom is -0.497 e. The van der Waals surface area contributed by atoms with Gasteiger partial charge in [0.1, 0.15) is 5.75 Å². The van der Waals surface area contributed by atoms with Crippen LogP contribution >= 0.6 is 0 Å². The molecular weight excluding hydrogens is 326 g/mol. The molecule has 5 rings (SSSR count). The van der Waals surface area contributed by atoms with Crippen LogP contribution in [0.3, 0.4) is 0 Å². The Balaban J connectivity index is 1.62. The third kappa shape index (κ3) is 3.01. The van der Waals surface area contributed by atoms with Crippen LogP contribution in [-0.2, 0) is 4.79 Å². The van der Waals surface area contributed by atoms with Crippen LogP contribution in [0, 0.1) is 5.92 Å². The van der Waals surface area contributed by atoms with Crippen molar-refractivity contribution in [1.82, 2.24) is 14.7 Å². The molecule has 1 aromatic rings. The first-order valence-electron chi connectivity index (χ1n) is 9.98. The first-order valence-corrected chi connectivity index (χ1v) is 9.98. The number of hydrogen-bond donors (Lipinski definition) is 0. The number of piperidine rings is 3. The van der Waals surface area contributed by atoms with Gasteiger partial charge in [-0.05, 0) is 63.1 Å². The maximum Gasteiger partial charge on any atom is 0.237 e. The molecule has 2 bridgehead atoms. The van der Waals surface area contributed by atoms with Crippen molar-refractivity contribution in [2.75, 3.05) is 46.9 Å². The topological polar surface area (TPSA) is 36.0 Å². The summed E-state index contributed by atoms with van der Waals surface area (Å²) in [6.45, 7) is 6.78. The Bertz CT molecular complexity index is 639.